The summed E-state index contributed by atoms with van der Waals surface area (Å²) < 4.78 is 13.7. The van der Waals surface area contributed by atoms with Gasteiger partial charge < -0.3 is 10.2 Å². The van der Waals surface area contributed by atoms with Gasteiger partial charge in [-0.2, -0.15) is 0 Å². The summed E-state index contributed by atoms with van der Waals surface area (Å²) in [6.07, 6.45) is 0. The minimum absolute atomic E-state index is 0.191. The third kappa shape index (κ3) is 2.18. The van der Waals surface area contributed by atoms with Crippen LogP contribution in [0.1, 0.15) is 17.3 Å². The maximum absolute atomic E-state index is 13.5. The first kappa shape index (κ1) is 13.2. The summed E-state index contributed by atoms with van der Waals surface area (Å²) in [5, 5.41) is 3.06. The van der Waals surface area contributed by atoms with Crippen LogP contribution in [0.15, 0.2) is 16.6 Å². The highest BCUT2D eigenvalue weighted by atomic mass is 79.9. The van der Waals surface area contributed by atoms with Gasteiger partial charge in [0.2, 0.25) is 0 Å². The SMILES string of the molecule is CCNCCN1C(=O)C(=O)c2cc(Br)c(F)cc21. The van der Waals surface area contributed by atoms with Crippen LogP contribution >= 0.6 is 15.9 Å². The molecule has 6 heteroatoms. The molecule has 0 atom stereocenters. The lowest BCUT2D eigenvalue weighted by Crippen LogP contribution is -2.36. The quantitative estimate of drug-likeness (QED) is 0.680. The smallest absolute Gasteiger partial charge is 0.299 e. The first-order valence-electron chi connectivity index (χ1n) is 5.62. The number of Topliss-reactive ketones (excluding diaryl/α,β-unsaturated/α-hetero) is 1. The van der Waals surface area contributed by atoms with Gasteiger partial charge in [0.05, 0.1) is 15.7 Å². The number of likely N-dealkylation sites (N-methyl/N-ethyl adjacent to an activating group) is 1. The average molecular weight is 315 g/mol. The lowest BCUT2D eigenvalue weighted by molar-refractivity contribution is -0.114. The van der Waals surface area contributed by atoms with Crippen molar-refractivity contribution in [1.29, 1.82) is 0 Å². The zero-order valence-corrected chi connectivity index (χ0v) is 11.4. The second-order valence-electron chi connectivity index (χ2n) is 3.92. The van der Waals surface area contributed by atoms with Crippen molar-refractivity contribution in [1.82, 2.24) is 5.32 Å². The van der Waals surface area contributed by atoms with E-state index in [9.17, 15) is 14.0 Å². The summed E-state index contributed by atoms with van der Waals surface area (Å²) in [6, 6.07) is 2.58. The zero-order valence-electron chi connectivity index (χ0n) is 9.80. The number of anilines is 1. The van der Waals surface area contributed by atoms with Crippen molar-refractivity contribution in [2.45, 2.75) is 6.92 Å². The minimum Gasteiger partial charge on any atom is -0.315 e. The van der Waals surface area contributed by atoms with Gasteiger partial charge in [-0.25, -0.2) is 4.39 Å². The van der Waals surface area contributed by atoms with Crippen LogP contribution in [-0.2, 0) is 4.79 Å². The first-order valence-corrected chi connectivity index (χ1v) is 6.41. The number of amides is 1. The van der Waals surface area contributed by atoms with E-state index >= 15 is 0 Å². The second kappa shape index (κ2) is 5.16. The lowest BCUT2D eigenvalue weighted by atomic mass is 10.1. The van der Waals surface area contributed by atoms with Crippen LogP contribution in [0.3, 0.4) is 0 Å². The van der Waals surface area contributed by atoms with Gasteiger partial charge in [-0.1, -0.05) is 6.92 Å². The summed E-state index contributed by atoms with van der Waals surface area (Å²) in [5.74, 6) is -1.66. The fourth-order valence-electron chi connectivity index (χ4n) is 1.88. The first-order chi connectivity index (χ1) is 8.56. The van der Waals surface area contributed by atoms with Crippen molar-refractivity contribution in [2.75, 3.05) is 24.5 Å². The van der Waals surface area contributed by atoms with E-state index in [0.717, 1.165) is 6.54 Å². The number of carbonyl (C=O) groups is 2. The molecule has 0 aromatic heterocycles. The molecule has 0 unspecified atom stereocenters. The molecule has 1 heterocycles. The molecule has 1 aromatic rings. The monoisotopic (exact) mass is 314 g/mol. The van der Waals surface area contributed by atoms with Gasteiger partial charge in [0, 0.05) is 13.1 Å². The molecule has 1 aliphatic rings. The maximum atomic E-state index is 13.5. The summed E-state index contributed by atoms with van der Waals surface area (Å²) in [5.41, 5.74) is 0.605. The lowest BCUT2D eigenvalue weighted by Gasteiger charge is -2.16. The molecule has 18 heavy (non-hydrogen) atoms. The Morgan fingerprint density at radius 3 is 2.78 bits per heavy atom. The van der Waals surface area contributed by atoms with Gasteiger partial charge in [-0.3, -0.25) is 9.59 Å². The molecule has 0 aliphatic carbocycles. The molecule has 0 bridgehead atoms. The molecule has 0 spiro atoms. The Bertz CT molecular complexity index is 519. The number of rotatable bonds is 4. The van der Waals surface area contributed by atoms with Gasteiger partial charge in [0.1, 0.15) is 5.82 Å². The van der Waals surface area contributed by atoms with Crippen molar-refractivity contribution < 1.29 is 14.0 Å². The number of nitrogens with one attached hydrogen (secondary N) is 1. The summed E-state index contributed by atoms with van der Waals surface area (Å²) in [6.45, 7) is 3.64. The largest absolute Gasteiger partial charge is 0.315 e. The highest BCUT2D eigenvalue weighted by molar-refractivity contribution is 9.10. The van der Waals surface area contributed by atoms with Crippen LogP contribution in [0, 0.1) is 5.82 Å². The molecule has 0 radical (unpaired) electrons. The molecule has 4 nitrogen and oxygen atoms in total. The van der Waals surface area contributed by atoms with Crippen LogP contribution in [-0.4, -0.2) is 31.3 Å². The molecular formula is C12H12BrFN2O2. The van der Waals surface area contributed by atoms with Gasteiger partial charge in [0.15, 0.2) is 0 Å². The van der Waals surface area contributed by atoms with Crippen molar-refractivity contribution in [2.24, 2.45) is 0 Å². The number of nitrogens with zero attached hydrogens (tertiary/aromatic N) is 1. The fraction of sp³-hybridized carbons (Fsp3) is 0.333. The Balaban J connectivity index is 2.33. The molecule has 2 rings (SSSR count). The zero-order chi connectivity index (χ0) is 13.3. The standard InChI is InChI=1S/C12H12BrFN2O2/c1-2-15-3-4-16-10-6-9(14)8(13)5-7(10)11(17)12(16)18/h5-6,15H,2-4H2,1H3. The molecule has 1 amide bonds. The van der Waals surface area contributed by atoms with E-state index in [0.29, 0.717) is 18.8 Å². The van der Waals surface area contributed by atoms with Crippen LogP contribution in [0.2, 0.25) is 0 Å². The second-order valence-corrected chi connectivity index (χ2v) is 4.78. The third-order valence-corrected chi connectivity index (χ3v) is 3.38. The molecular weight excluding hydrogens is 303 g/mol. The highest BCUT2D eigenvalue weighted by Crippen LogP contribution is 2.32. The van der Waals surface area contributed by atoms with Crippen molar-refractivity contribution in [3.63, 3.8) is 0 Å². The van der Waals surface area contributed by atoms with Crippen LogP contribution in [0.4, 0.5) is 10.1 Å². The maximum Gasteiger partial charge on any atom is 0.299 e. The van der Waals surface area contributed by atoms with Gasteiger partial charge >= 0.3 is 0 Å². The molecule has 96 valence electrons. The Morgan fingerprint density at radius 1 is 1.39 bits per heavy atom. The molecule has 1 aliphatic heterocycles. The number of fused-ring (bicyclic) bond motifs is 1. The predicted molar refractivity (Wildman–Crippen MR) is 69.3 cm³/mol. The highest BCUT2D eigenvalue weighted by Gasteiger charge is 2.36. The Morgan fingerprint density at radius 2 is 2.11 bits per heavy atom. The number of hydrogen-bond donors (Lipinski definition) is 1. The Kier molecular flexibility index (Phi) is 3.77. The normalized spacial score (nSPS) is 14.3. The van der Waals surface area contributed by atoms with E-state index in [4.69, 9.17) is 0 Å². The van der Waals surface area contributed by atoms with Crippen molar-refractivity contribution >= 4 is 33.3 Å². The predicted octanol–water partition coefficient (Wildman–Crippen LogP) is 1.73. The van der Waals surface area contributed by atoms with Crippen molar-refractivity contribution in [3.8, 4) is 0 Å². The number of hydrogen-bond acceptors (Lipinski definition) is 3. The molecule has 0 fully saturated rings. The summed E-state index contributed by atoms with van der Waals surface area (Å²) in [4.78, 5) is 24.9. The average Bonchev–Trinajstić information content (AvgIpc) is 2.56. The van der Waals surface area contributed by atoms with E-state index < -0.39 is 17.5 Å². The molecule has 1 N–H and O–H groups in total. The van der Waals surface area contributed by atoms with Crippen molar-refractivity contribution in [3.05, 3.63) is 28.0 Å². The van der Waals surface area contributed by atoms with Gasteiger partial charge in [-0.15, -0.1) is 0 Å². The number of carbonyl (C=O) groups excluding carboxylic acids is 2. The topological polar surface area (TPSA) is 49.4 Å². The van der Waals surface area contributed by atoms with E-state index in [1.807, 2.05) is 6.92 Å². The Hall–Kier alpha value is -1.27. The van der Waals surface area contributed by atoms with Crippen LogP contribution in [0.5, 0.6) is 0 Å². The fourth-order valence-corrected chi connectivity index (χ4v) is 2.22. The van der Waals surface area contributed by atoms with Crippen LogP contribution in [0.25, 0.3) is 0 Å². The number of ketones is 1. The van der Waals surface area contributed by atoms with E-state index in [1.165, 1.54) is 17.0 Å². The van der Waals surface area contributed by atoms with E-state index in [2.05, 4.69) is 21.2 Å². The third-order valence-electron chi connectivity index (χ3n) is 2.78. The summed E-state index contributed by atoms with van der Waals surface area (Å²) in [7, 11) is 0. The minimum atomic E-state index is -0.597. The molecule has 1 aromatic carbocycles. The van der Waals surface area contributed by atoms with Gasteiger partial charge in [0.25, 0.3) is 11.7 Å². The van der Waals surface area contributed by atoms with E-state index in [1.54, 1.807) is 0 Å². The summed E-state index contributed by atoms with van der Waals surface area (Å²) >= 11 is 3.01. The van der Waals surface area contributed by atoms with Gasteiger partial charge in [-0.05, 0) is 34.6 Å². The van der Waals surface area contributed by atoms with Crippen LogP contribution < -0.4 is 10.2 Å². The van der Waals surface area contributed by atoms with E-state index in [-0.39, 0.29) is 10.0 Å². The number of benzene rings is 1. The molecule has 0 saturated heterocycles. The Labute approximate surface area is 112 Å². The molecule has 0 saturated carbocycles. The number of halogens is 2.